The van der Waals surface area contributed by atoms with Gasteiger partial charge in [-0.3, -0.25) is 4.79 Å². The van der Waals surface area contributed by atoms with Crippen molar-refractivity contribution < 1.29 is 14.3 Å². The van der Waals surface area contributed by atoms with E-state index in [0.29, 0.717) is 19.8 Å². The standard InChI is InChI=1S/C12H22N2O3/c1-2-14(8-10-4-3-6-17-10)12(15)11-9-16-7-5-13-11/h10-11,13H,2-9H2,1H3. The lowest BCUT2D eigenvalue weighted by atomic mass is 10.2. The summed E-state index contributed by atoms with van der Waals surface area (Å²) in [6.07, 6.45) is 2.41. The van der Waals surface area contributed by atoms with Gasteiger partial charge in [-0.25, -0.2) is 0 Å². The Morgan fingerprint density at radius 2 is 2.35 bits per heavy atom. The van der Waals surface area contributed by atoms with Gasteiger partial charge in [-0.15, -0.1) is 0 Å². The first-order valence-corrected chi connectivity index (χ1v) is 6.52. The maximum absolute atomic E-state index is 12.2. The molecule has 5 nitrogen and oxygen atoms in total. The molecular formula is C12H22N2O3. The molecule has 0 radical (unpaired) electrons. The molecule has 2 aliphatic heterocycles. The first-order chi connectivity index (χ1) is 8.31. The van der Waals surface area contributed by atoms with Gasteiger partial charge in [-0.2, -0.15) is 0 Å². The molecule has 0 aromatic carbocycles. The molecule has 5 heteroatoms. The Kier molecular flexibility index (Phi) is 4.76. The fourth-order valence-electron chi connectivity index (χ4n) is 2.35. The second-order valence-corrected chi connectivity index (χ2v) is 4.59. The van der Waals surface area contributed by atoms with Crippen LogP contribution in [-0.2, 0) is 14.3 Å². The van der Waals surface area contributed by atoms with Gasteiger partial charge in [0.15, 0.2) is 0 Å². The maximum Gasteiger partial charge on any atom is 0.242 e. The third-order valence-electron chi connectivity index (χ3n) is 3.36. The van der Waals surface area contributed by atoms with E-state index >= 15 is 0 Å². The Labute approximate surface area is 102 Å². The monoisotopic (exact) mass is 242 g/mol. The van der Waals surface area contributed by atoms with Gasteiger partial charge >= 0.3 is 0 Å². The molecule has 17 heavy (non-hydrogen) atoms. The zero-order valence-corrected chi connectivity index (χ0v) is 10.5. The summed E-state index contributed by atoms with van der Waals surface area (Å²) in [5.74, 6) is 0.141. The lowest BCUT2D eigenvalue weighted by Gasteiger charge is -2.30. The summed E-state index contributed by atoms with van der Waals surface area (Å²) in [6, 6.07) is -0.176. The van der Waals surface area contributed by atoms with Crippen molar-refractivity contribution in [3.8, 4) is 0 Å². The average molecular weight is 242 g/mol. The number of hydrogen-bond acceptors (Lipinski definition) is 4. The molecule has 0 aromatic rings. The molecule has 98 valence electrons. The zero-order chi connectivity index (χ0) is 12.1. The fraction of sp³-hybridized carbons (Fsp3) is 0.917. The molecule has 1 N–H and O–H groups in total. The summed E-state index contributed by atoms with van der Waals surface area (Å²) < 4.78 is 10.9. The van der Waals surface area contributed by atoms with Crippen LogP contribution in [0.4, 0.5) is 0 Å². The number of amides is 1. The van der Waals surface area contributed by atoms with Gasteiger partial charge in [0, 0.05) is 26.2 Å². The lowest BCUT2D eigenvalue weighted by Crippen LogP contribution is -2.53. The number of nitrogens with one attached hydrogen (secondary N) is 1. The molecule has 0 bridgehead atoms. The summed E-state index contributed by atoms with van der Waals surface area (Å²) in [5, 5.41) is 3.20. The Morgan fingerprint density at radius 1 is 1.47 bits per heavy atom. The molecule has 2 heterocycles. The van der Waals surface area contributed by atoms with Crippen molar-refractivity contribution in [2.24, 2.45) is 0 Å². The van der Waals surface area contributed by atoms with Crippen LogP contribution in [0.3, 0.4) is 0 Å². The molecule has 1 amide bonds. The van der Waals surface area contributed by atoms with Crippen LogP contribution in [0.1, 0.15) is 19.8 Å². The van der Waals surface area contributed by atoms with E-state index < -0.39 is 0 Å². The minimum absolute atomic E-state index is 0.141. The van der Waals surface area contributed by atoms with Crippen LogP contribution in [0.2, 0.25) is 0 Å². The fourth-order valence-corrected chi connectivity index (χ4v) is 2.35. The second kappa shape index (κ2) is 6.33. The van der Waals surface area contributed by atoms with Gasteiger partial charge in [0.25, 0.3) is 0 Å². The second-order valence-electron chi connectivity index (χ2n) is 4.59. The highest BCUT2D eigenvalue weighted by Crippen LogP contribution is 2.14. The van der Waals surface area contributed by atoms with Crippen LogP contribution in [0.5, 0.6) is 0 Å². The van der Waals surface area contributed by atoms with Crippen molar-refractivity contribution in [2.75, 3.05) is 39.5 Å². The van der Waals surface area contributed by atoms with Crippen molar-refractivity contribution >= 4 is 5.91 Å². The molecule has 2 saturated heterocycles. The van der Waals surface area contributed by atoms with E-state index in [4.69, 9.17) is 9.47 Å². The highest BCUT2D eigenvalue weighted by Gasteiger charge is 2.28. The van der Waals surface area contributed by atoms with Crippen LogP contribution in [0.15, 0.2) is 0 Å². The molecule has 0 aliphatic carbocycles. The van der Waals surface area contributed by atoms with Gasteiger partial charge < -0.3 is 19.7 Å². The number of morpholine rings is 1. The molecule has 0 spiro atoms. The van der Waals surface area contributed by atoms with E-state index in [0.717, 1.165) is 32.5 Å². The molecule has 2 aliphatic rings. The summed E-state index contributed by atoms with van der Waals surface area (Å²) in [7, 11) is 0. The van der Waals surface area contributed by atoms with Crippen LogP contribution in [0, 0.1) is 0 Å². The van der Waals surface area contributed by atoms with E-state index in [-0.39, 0.29) is 18.1 Å². The number of rotatable bonds is 4. The third-order valence-corrected chi connectivity index (χ3v) is 3.36. The summed E-state index contributed by atoms with van der Waals surface area (Å²) in [4.78, 5) is 14.1. The topological polar surface area (TPSA) is 50.8 Å². The first-order valence-electron chi connectivity index (χ1n) is 6.52. The number of hydrogen-bond donors (Lipinski definition) is 1. The van der Waals surface area contributed by atoms with Crippen LogP contribution in [-0.4, -0.2) is 62.4 Å². The molecule has 0 aromatic heterocycles. The average Bonchev–Trinajstić information content (AvgIpc) is 2.89. The van der Waals surface area contributed by atoms with Crippen LogP contribution in [0.25, 0.3) is 0 Å². The zero-order valence-electron chi connectivity index (χ0n) is 10.5. The smallest absolute Gasteiger partial charge is 0.242 e. The number of carbonyl (C=O) groups excluding carboxylic acids is 1. The van der Waals surface area contributed by atoms with Gasteiger partial charge in [0.2, 0.25) is 5.91 Å². The predicted molar refractivity (Wildman–Crippen MR) is 63.8 cm³/mol. The summed E-state index contributed by atoms with van der Waals surface area (Å²) in [5.41, 5.74) is 0. The van der Waals surface area contributed by atoms with Crippen molar-refractivity contribution in [1.82, 2.24) is 10.2 Å². The van der Waals surface area contributed by atoms with Crippen LogP contribution >= 0.6 is 0 Å². The minimum Gasteiger partial charge on any atom is -0.378 e. The van der Waals surface area contributed by atoms with Gasteiger partial charge in [0.1, 0.15) is 6.04 Å². The molecule has 2 rings (SSSR count). The SMILES string of the molecule is CCN(CC1CCCO1)C(=O)C1COCCN1. The lowest BCUT2D eigenvalue weighted by molar-refractivity contribution is -0.137. The maximum atomic E-state index is 12.2. The Bertz CT molecular complexity index is 248. The van der Waals surface area contributed by atoms with E-state index in [2.05, 4.69) is 5.32 Å². The molecular weight excluding hydrogens is 220 g/mol. The van der Waals surface area contributed by atoms with Crippen molar-refractivity contribution in [3.05, 3.63) is 0 Å². The van der Waals surface area contributed by atoms with Gasteiger partial charge in [-0.05, 0) is 19.8 Å². The first kappa shape index (κ1) is 12.8. The van der Waals surface area contributed by atoms with E-state index in [1.165, 1.54) is 0 Å². The summed E-state index contributed by atoms with van der Waals surface area (Å²) >= 11 is 0. The van der Waals surface area contributed by atoms with Gasteiger partial charge in [0.05, 0.1) is 19.3 Å². The highest BCUT2D eigenvalue weighted by atomic mass is 16.5. The number of carbonyl (C=O) groups is 1. The Morgan fingerprint density at radius 3 is 2.94 bits per heavy atom. The molecule has 2 fully saturated rings. The van der Waals surface area contributed by atoms with Crippen molar-refractivity contribution in [1.29, 1.82) is 0 Å². The largest absolute Gasteiger partial charge is 0.378 e. The third kappa shape index (κ3) is 3.40. The number of likely N-dealkylation sites (N-methyl/N-ethyl adjacent to an activating group) is 1. The van der Waals surface area contributed by atoms with Crippen molar-refractivity contribution in [2.45, 2.75) is 31.9 Å². The minimum atomic E-state index is -0.176. The van der Waals surface area contributed by atoms with E-state index in [1.54, 1.807) is 0 Å². The molecule has 2 atom stereocenters. The van der Waals surface area contributed by atoms with E-state index in [1.807, 2.05) is 11.8 Å². The Hall–Kier alpha value is -0.650. The van der Waals surface area contributed by atoms with E-state index in [9.17, 15) is 4.79 Å². The Balaban J connectivity index is 1.84. The van der Waals surface area contributed by atoms with Crippen LogP contribution < -0.4 is 5.32 Å². The number of ether oxygens (including phenoxy) is 2. The molecule has 0 saturated carbocycles. The quantitative estimate of drug-likeness (QED) is 0.754. The predicted octanol–water partition coefficient (Wildman–Crippen LogP) is 0.00230. The summed E-state index contributed by atoms with van der Waals surface area (Å²) in [6.45, 7) is 6.23. The van der Waals surface area contributed by atoms with Crippen molar-refractivity contribution in [3.63, 3.8) is 0 Å². The number of nitrogens with zero attached hydrogens (tertiary/aromatic N) is 1. The highest BCUT2D eigenvalue weighted by molar-refractivity contribution is 5.82. The van der Waals surface area contributed by atoms with Gasteiger partial charge in [-0.1, -0.05) is 0 Å². The normalized spacial score (nSPS) is 29.2. The molecule has 2 unspecified atom stereocenters.